The highest BCUT2D eigenvalue weighted by atomic mass is 16.3. The number of unbranched alkanes of at least 4 members (excludes halogenated alkanes) is 32. The Morgan fingerprint density at radius 1 is 0.417 bits per heavy atom. The summed E-state index contributed by atoms with van der Waals surface area (Å²) in [5.41, 5.74) is 0. The molecule has 0 aromatic carbocycles. The van der Waals surface area contributed by atoms with Gasteiger partial charge in [-0.25, -0.2) is 0 Å². The zero-order chi connectivity index (χ0) is 43.7. The average Bonchev–Trinajstić information content (AvgIpc) is 3.25. The number of amides is 1. The van der Waals surface area contributed by atoms with Gasteiger partial charge in [0.15, 0.2) is 0 Å². The molecular formula is C55H103NO4. The Hall–Kier alpha value is -1.69. The summed E-state index contributed by atoms with van der Waals surface area (Å²) in [6, 6.07) is -0.839. The van der Waals surface area contributed by atoms with E-state index in [-0.39, 0.29) is 12.5 Å². The van der Waals surface area contributed by atoms with Crippen LogP contribution in [0.15, 0.2) is 48.6 Å². The van der Waals surface area contributed by atoms with E-state index in [4.69, 9.17) is 0 Å². The Kier molecular flexibility index (Phi) is 48.6. The van der Waals surface area contributed by atoms with Crippen molar-refractivity contribution in [3.05, 3.63) is 48.6 Å². The van der Waals surface area contributed by atoms with E-state index in [0.29, 0.717) is 12.8 Å². The van der Waals surface area contributed by atoms with Gasteiger partial charge >= 0.3 is 0 Å². The lowest BCUT2D eigenvalue weighted by Gasteiger charge is -2.26. The third kappa shape index (κ3) is 44.4. The van der Waals surface area contributed by atoms with Gasteiger partial charge in [-0.2, -0.15) is 0 Å². The average molecular weight is 842 g/mol. The second-order valence-corrected chi connectivity index (χ2v) is 18.1. The molecule has 0 aliphatic heterocycles. The Labute approximate surface area is 374 Å². The number of carbonyl (C=O) groups excluding carboxylic acids is 1. The first kappa shape index (κ1) is 58.3. The number of hydrogen-bond acceptors (Lipinski definition) is 4. The second kappa shape index (κ2) is 50.0. The van der Waals surface area contributed by atoms with E-state index in [2.05, 4.69) is 67.8 Å². The minimum absolute atomic E-state index is 0.165. The number of hydrogen-bond donors (Lipinski definition) is 4. The molecule has 4 N–H and O–H groups in total. The number of allylic oxidation sites excluding steroid dienone is 8. The maximum absolute atomic E-state index is 12.5. The summed E-state index contributed by atoms with van der Waals surface area (Å²) in [6.45, 7) is 4.18. The monoisotopic (exact) mass is 842 g/mol. The fraction of sp³-hybridized carbons (Fsp3) is 0.836. The molecule has 352 valence electrons. The number of rotatable bonds is 48. The normalized spacial score (nSPS) is 13.8. The van der Waals surface area contributed by atoms with Crippen LogP contribution >= 0.6 is 0 Å². The van der Waals surface area contributed by atoms with Crippen molar-refractivity contribution in [3.8, 4) is 0 Å². The summed E-state index contributed by atoms with van der Waals surface area (Å²) in [7, 11) is 0. The van der Waals surface area contributed by atoms with E-state index in [1.807, 2.05) is 0 Å². The minimum Gasteiger partial charge on any atom is -0.394 e. The molecule has 0 saturated carbocycles. The van der Waals surface area contributed by atoms with E-state index >= 15 is 0 Å². The summed E-state index contributed by atoms with van der Waals surface area (Å²) < 4.78 is 0. The molecule has 0 radical (unpaired) electrons. The summed E-state index contributed by atoms with van der Waals surface area (Å²) >= 11 is 0. The van der Waals surface area contributed by atoms with Crippen LogP contribution in [0.25, 0.3) is 0 Å². The van der Waals surface area contributed by atoms with Crippen LogP contribution in [-0.2, 0) is 4.79 Å². The van der Waals surface area contributed by atoms with Crippen LogP contribution in [0.2, 0.25) is 0 Å². The highest BCUT2D eigenvalue weighted by Gasteiger charge is 2.26. The van der Waals surface area contributed by atoms with Crippen LogP contribution in [0.3, 0.4) is 0 Å². The Morgan fingerprint density at radius 2 is 0.733 bits per heavy atom. The van der Waals surface area contributed by atoms with Crippen LogP contribution in [0.5, 0.6) is 0 Å². The third-order valence-corrected chi connectivity index (χ3v) is 12.1. The Bertz CT molecular complexity index is 974. The van der Waals surface area contributed by atoms with Crippen molar-refractivity contribution >= 4 is 5.91 Å². The van der Waals surface area contributed by atoms with Gasteiger partial charge in [0.1, 0.15) is 6.10 Å². The molecule has 0 rings (SSSR count). The van der Waals surface area contributed by atoms with Gasteiger partial charge in [0, 0.05) is 6.42 Å². The van der Waals surface area contributed by atoms with Crippen molar-refractivity contribution in [1.82, 2.24) is 5.32 Å². The van der Waals surface area contributed by atoms with Crippen molar-refractivity contribution in [1.29, 1.82) is 0 Å². The van der Waals surface area contributed by atoms with Crippen molar-refractivity contribution in [2.75, 3.05) is 6.61 Å². The standard InChI is InChI=1S/C55H103NO4/c1-3-5-7-9-11-13-15-17-19-21-23-25-27-29-31-33-35-37-39-41-43-45-47-49-53(58)55(60)52(51-57)56-54(59)50-48-46-44-42-40-38-36-34-32-30-28-26-24-22-20-18-16-14-12-10-8-6-4-2/h24,26,30,32-33,35,41,43,52-53,55,57-58,60H,3-23,25,27-29,31,34,36-40,42,44-51H2,1-2H3,(H,56,59)/b26-24-,32-30-,35-33+,43-41+. The molecular weight excluding hydrogens is 739 g/mol. The van der Waals surface area contributed by atoms with Crippen molar-refractivity contribution < 1.29 is 20.1 Å². The van der Waals surface area contributed by atoms with Crippen molar-refractivity contribution in [2.45, 2.75) is 289 Å². The predicted molar refractivity (Wildman–Crippen MR) is 264 cm³/mol. The zero-order valence-electron chi connectivity index (χ0n) is 40.1. The molecule has 0 aromatic heterocycles. The van der Waals surface area contributed by atoms with Gasteiger partial charge in [-0.05, 0) is 83.5 Å². The molecule has 5 nitrogen and oxygen atoms in total. The van der Waals surface area contributed by atoms with Crippen molar-refractivity contribution in [2.24, 2.45) is 0 Å². The zero-order valence-corrected chi connectivity index (χ0v) is 40.1. The minimum atomic E-state index is -1.17. The largest absolute Gasteiger partial charge is 0.394 e. The molecule has 0 aliphatic carbocycles. The first-order chi connectivity index (χ1) is 29.6. The molecule has 5 heteroatoms. The number of nitrogens with one attached hydrogen (secondary N) is 1. The number of aliphatic hydroxyl groups is 3. The number of aliphatic hydroxyl groups excluding tert-OH is 3. The van der Waals surface area contributed by atoms with Gasteiger partial charge in [0.05, 0.1) is 18.8 Å². The topological polar surface area (TPSA) is 89.8 Å². The predicted octanol–water partition coefficient (Wildman–Crippen LogP) is 16.1. The van der Waals surface area contributed by atoms with Crippen LogP contribution in [0, 0.1) is 0 Å². The summed E-state index contributed by atoms with van der Waals surface area (Å²) in [6.07, 6.45) is 65.3. The summed E-state index contributed by atoms with van der Waals surface area (Å²) in [5.74, 6) is -0.165. The molecule has 0 heterocycles. The Balaban J connectivity index is 3.66. The maximum Gasteiger partial charge on any atom is 0.220 e. The first-order valence-electron chi connectivity index (χ1n) is 26.4. The molecule has 0 bridgehead atoms. The SMILES string of the molecule is CCCCCCCCCCC/C=C\C/C=C\CCCCCCCCCC(=O)NC(CO)C(O)C(O)CCC/C=C/CC/C=C/CCCCCCCCCCCCCCCC. The highest BCUT2D eigenvalue weighted by Crippen LogP contribution is 2.16. The quantitative estimate of drug-likeness (QED) is 0.0363. The van der Waals surface area contributed by atoms with Crippen LogP contribution < -0.4 is 5.32 Å². The summed E-state index contributed by atoms with van der Waals surface area (Å²) in [4.78, 5) is 12.5. The Morgan fingerprint density at radius 3 is 1.12 bits per heavy atom. The molecule has 3 atom stereocenters. The van der Waals surface area contributed by atoms with Gasteiger partial charge in [0.2, 0.25) is 5.91 Å². The van der Waals surface area contributed by atoms with E-state index in [1.54, 1.807) is 0 Å². The third-order valence-electron chi connectivity index (χ3n) is 12.1. The first-order valence-corrected chi connectivity index (χ1v) is 26.4. The lowest BCUT2D eigenvalue weighted by Crippen LogP contribution is -2.50. The van der Waals surface area contributed by atoms with E-state index < -0.39 is 18.2 Å². The highest BCUT2D eigenvalue weighted by molar-refractivity contribution is 5.76. The van der Waals surface area contributed by atoms with E-state index in [0.717, 1.165) is 57.8 Å². The smallest absolute Gasteiger partial charge is 0.220 e. The maximum atomic E-state index is 12.5. The summed E-state index contributed by atoms with van der Waals surface area (Å²) in [5, 5.41) is 33.7. The lowest BCUT2D eigenvalue weighted by atomic mass is 10.0. The molecule has 0 fully saturated rings. The van der Waals surface area contributed by atoms with Gasteiger partial charge in [-0.15, -0.1) is 0 Å². The van der Waals surface area contributed by atoms with Gasteiger partial charge in [0.25, 0.3) is 0 Å². The molecule has 0 aromatic rings. The molecule has 60 heavy (non-hydrogen) atoms. The van der Waals surface area contributed by atoms with Gasteiger partial charge in [-0.3, -0.25) is 4.79 Å². The fourth-order valence-electron chi connectivity index (χ4n) is 8.03. The second-order valence-electron chi connectivity index (χ2n) is 18.1. The van der Waals surface area contributed by atoms with Crippen LogP contribution in [0.1, 0.15) is 271 Å². The van der Waals surface area contributed by atoms with Crippen molar-refractivity contribution in [3.63, 3.8) is 0 Å². The molecule has 0 saturated heterocycles. The van der Waals surface area contributed by atoms with Gasteiger partial charge < -0.3 is 20.6 Å². The molecule has 0 aliphatic rings. The number of carbonyl (C=O) groups is 1. The molecule has 3 unspecified atom stereocenters. The fourth-order valence-corrected chi connectivity index (χ4v) is 8.03. The van der Waals surface area contributed by atoms with E-state index in [1.165, 1.54) is 186 Å². The molecule has 0 spiro atoms. The van der Waals surface area contributed by atoms with E-state index in [9.17, 15) is 20.1 Å². The lowest BCUT2D eigenvalue weighted by molar-refractivity contribution is -0.124. The van der Waals surface area contributed by atoms with Crippen LogP contribution in [-0.4, -0.2) is 46.1 Å². The van der Waals surface area contributed by atoms with Gasteiger partial charge in [-0.1, -0.05) is 229 Å². The van der Waals surface area contributed by atoms with Crippen LogP contribution in [0.4, 0.5) is 0 Å². The molecule has 1 amide bonds.